The molecule has 1 radical (unpaired) electrons. The van der Waals surface area contributed by atoms with Crippen molar-refractivity contribution in [1.29, 1.82) is 0 Å². The van der Waals surface area contributed by atoms with Gasteiger partial charge in [0.1, 0.15) is 0 Å². The fourth-order valence-corrected chi connectivity index (χ4v) is 9.62. The molecular weight excluding hydrogens is 689 g/mol. The molecule has 0 saturated carbocycles. The Morgan fingerprint density at radius 3 is 0.526 bits per heavy atom. The van der Waals surface area contributed by atoms with Crippen LogP contribution in [0.3, 0.4) is 0 Å². The Hall–Kier alpha value is -0.980. The third-order valence-corrected chi connectivity index (χ3v) is 13.4. The average molecular weight is 794 g/mol. The van der Waals surface area contributed by atoms with Gasteiger partial charge in [0.2, 0.25) is 0 Å². The van der Waals surface area contributed by atoms with Crippen LogP contribution in [0.2, 0.25) is 0 Å². The van der Waals surface area contributed by atoms with Crippen LogP contribution in [0, 0.1) is 0 Å². The number of rotatable bonds is 45. The average Bonchev–Trinajstić information content (AvgIpc) is 3.22. The third-order valence-electron chi connectivity index (χ3n) is 13.4. The highest BCUT2D eigenvalue weighted by atomic mass is 16.3. The Morgan fingerprint density at radius 2 is 0.333 bits per heavy atom. The van der Waals surface area contributed by atoms with Crippen LogP contribution in [0.15, 0.2) is 0 Å². The molecular formula is C56H105O. The van der Waals surface area contributed by atoms with Gasteiger partial charge in [0.25, 0.3) is 0 Å². The quantitative estimate of drug-likeness (QED) is 0.0586. The van der Waals surface area contributed by atoms with Gasteiger partial charge in [0, 0.05) is 11.1 Å². The van der Waals surface area contributed by atoms with Gasteiger partial charge in [-0.05, 0) is 80.9 Å². The second kappa shape index (κ2) is 41.7. The van der Waals surface area contributed by atoms with Crippen molar-refractivity contribution in [3.8, 4) is 5.75 Å². The third kappa shape index (κ3) is 29.0. The van der Waals surface area contributed by atoms with E-state index in [0.717, 1.165) is 25.7 Å². The summed E-state index contributed by atoms with van der Waals surface area (Å²) in [6.45, 7) is 11.6. The zero-order chi connectivity index (χ0) is 41.3. The van der Waals surface area contributed by atoms with Gasteiger partial charge in [-0.3, -0.25) is 5.11 Å². The largest absolute Gasteiger partial charge is 0.289 e. The zero-order valence-electron chi connectivity index (χ0n) is 40.2. The van der Waals surface area contributed by atoms with Crippen LogP contribution in [-0.2, 0) is 37.2 Å². The van der Waals surface area contributed by atoms with Crippen LogP contribution in [0.4, 0.5) is 0 Å². The predicted octanol–water partition coefficient (Wildman–Crippen LogP) is 20.2. The molecule has 57 heavy (non-hydrogen) atoms. The van der Waals surface area contributed by atoms with Crippen molar-refractivity contribution in [2.45, 2.75) is 324 Å². The molecule has 0 heterocycles. The first-order valence-electron chi connectivity index (χ1n) is 27.0. The monoisotopic (exact) mass is 794 g/mol. The second-order valence-electron chi connectivity index (χ2n) is 18.8. The molecule has 0 unspecified atom stereocenters. The molecule has 1 heteroatoms. The number of benzene rings is 1. The lowest BCUT2D eigenvalue weighted by molar-refractivity contribution is 0.341. The molecule has 0 bridgehead atoms. The lowest BCUT2D eigenvalue weighted by atomic mass is 9.80. The van der Waals surface area contributed by atoms with E-state index in [9.17, 15) is 0 Å². The molecule has 1 nitrogen and oxygen atoms in total. The molecule has 1 aromatic carbocycles. The summed E-state index contributed by atoms with van der Waals surface area (Å²) in [5.74, 6) is 0.518. The summed E-state index contributed by atoms with van der Waals surface area (Å²) in [5, 5.41) is 15.0. The summed E-state index contributed by atoms with van der Waals surface area (Å²) in [4.78, 5) is 0. The molecule has 0 fully saturated rings. The Labute approximate surface area is 360 Å². The van der Waals surface area contributed by atoms with Crippen LogP contribution in [0.5, 0.6) is 5.75 Å². The summed E-state index contributed by atoms with van der Waals surface area (Å²) in [6.07, 6.45) is 59.9. The van der Waals surface area contributed by atoms with E-state index in [-0.39, 0.29) is 0 Å². The minimum Gasteiger partial charge on any atom is -0.289 e. The van der Waals surface area contributed by atoms with Crippen molar-refractivity contribution in [2.24, 2.45) is 0 Å². The van der Waals surface area contributed by atoms with Gasteiger partial charge >= 0.3 is 0 Å². The molecule has 335 valence electrons. The van der Waals surface area contributed by atoms with Crippen LogP contribution < -0.4 is 0 Å². The topological polar surface area (TPSA) is 19.9 Å². The van der Waals surface area contributed by atoms with E-state index in [1.165, 1.54) is 274 Å². The van der Waals surface area contributed by atoms with E-state index in [4.69, 9.17) is 0 Å². The highest BCUT2D eigenvalue weighted by molar-refractivity contribution is 5.56. The Morgan fingerprint density at radius 1 is 0.193 bits per heavy atom. The molecule has 1 aromatic rings. The molecule has 0 spiro atoms. The van der Waals surface area contributed by atoms with Gasteiger partial charge in [-0.15, -0.1) is 0 Å². The van der Waals surface area contributed by atoms with Crippen LogP contribution in [0.1, 0.15) is 319 Å². The number of unbranched alkanes of at least 4 members (excludes halogenated alkanes) is 35. The molecule has 0 aliphatic carbocycles. The summed E-state index contributed by atoms with van der Waals surface area (Å²) in [6, 6.07) is 0. The summed E-state index contributed by atoms with van der Waals surface area (Å²) in [7, 11) is 0. The van der Waals surface area contributed by atoms with Gasteiger partial charge in [-0.25, -0.2) is 0 Å². The van der Waals surface area contributed by atoms with Crippen molar-refractivity contribution in [3.63, 3.8) is 0 Å². The van der Waals surface area contributed by atoms with Gasteiger partial charge in [0.05, 0.1) is 0 Å². The Balaban J connectivity index is 3.38. The smallest absolute Gasteiger partial charge is 0.185 e. The lowest BCUT2D eigenvalue weighted by Crippen LogP contribution is -2.11. The van der Waals surface area contributed by atoms with Gasteiger partial charge in [0.15, 0.2) is 5.75 Å². The molecule has 0 saturated heterocycles. The first-order valence-corrected chi connectivity index (χ1v) is 27.0. The van der Waals surface area contributed by atoms with Gasteiger partial charge in [-0.2, -0.15) is 0 Å². The fourth-order valence-electron chi connectivity index (χ4n) is 9.62. The Kier molecular flexibility index (Phi) is 39.6. The SMILES string of the molecule is CCCCCCCCCCc1c([O])c(CCCCCCCCCC)c(CCCCCCCCCC)c(CCCCCCCCCC)c1CCCCCCCCCC. The maximum Gasteiger partial charge on any atom is 0.185 e. The van der Waals surface area contributed by atoms with E-state index in [2.05, 4.69) is 34.6 Å². The van der Waals surface area contributed by atoms with E-state index >= 15 is 5.11 Å². The standard InChI is InChI=1S/C56H105O/c1-6-11-16-21-26-31-36-41-46-51-52(47-42-37-32-27-22-17-12-7-2)54(49-44-39-34-29-24-19-14-9-4)56(57)55(50-45-40-35-30-25-20-15-10-5)53(51)48-43-38-33-28-23-18-13-8-3/h6-50H2,1-5H3. The molecule has 0 atom stereocenters. The van der Waals surface area contributed by atoms with Crippen molar-refractivity contribution in [3.05, 3.63) is 27.8 Å². The maximum absolute atomic E-state index is 15.0. The van der Waals surface area contributed by atoms with E-state index < -0.39 is 0 Å². The zero-order valence-corrected chi connectivity index (χ0v) is 40.2. The molecule has 0 aliphatic rings. The number of hydrogen-bond acceptors (Lipinski definition) is 0. The fraction of sp³-hybridized carbons (Fsp3) is 0.893. The normalized spacial score (nSPS) is 11.7. The molecule has 0 aromatic heterocycles. The van der Waals surface area contributed by atoms with Crippen molar-refractivity contribution < 1.29 is 5.11 Å². The Bertz CT molecular complexity index is 911. The van der Waals surface area contributed by atoms with Crippen molar-refractivity contribution in [1.82, 2.24) is 0 Å². The maximum atomic E-state index is 15.0. The molecule has 0 aliphatic heterocycles. The lowest BCUT2D eigenvalue weighted by Gasteiger charge is -2.24. The number of hydrogen-bond donors (Lipinski definition) is 0. The van der Waals surface area contributed by atoms with E-state index in [1.807, 2.05) is 0 Å². The van der Waals surface area contributed by atoms with Crippen molar-refractivity contribution >= 4 is 0 Å². The molecule has 0 N–H and O–H groups in total. The summed E-state index contributed by atoms with van der Waals surface area (Å²) >= 11 is 0. The molecule has 0 amide bonds. The van der Waals surface area contributed by atoms with Crippen LogP contribution in [0.25, 0.3) is 0 Å². The summed E-state index contributed by atoms with van der Waals surface area (Å²) in [5.41, 5.74) is 7.45. The minimum absolute atomic E-state index is 0.518. The molecule has 1 rings (SSSR count). The highest BCUT2D eigenvalue weighted by Crippen LogP contribution is 2.39. The minimum atomic E-state index is 0.518. The first-order chi connectivity index (χ1) is 28.2. The van der Waals surface area contributed by atoms with Crippen LogP contribution in [-0.4, -0.2) is 0 Å². The van der Waals surface area contributed by atoms with E-state index in [1.54, 1.807) is 16.7 Å². The van der Waals surface area contributed by atoms with Crippen LogP contribution >= 0.6 is 0 Å². The highest BCUT2D eigenvalue weighted by Gasteiger charge is 2.24. The second-order valence-corrected chi connectivity index (χ2v) is 18.8. The first kappa shape index (κ1) is 54.0. The summed E-state index contributed by atoms with van der Waals surface area (Å²) < 4.78 is 0. The van der Waals surface area contributed by atoms with Gasteiger partial charge in [-0.1, -0.05) is 259 Å². The van der Waals surface area contributed by atoms with E-state index in [0.29, 0.717) is 5.75 Å². The predicted molar refractivity (Wildman–Crippen MR) is 258 cm³/mol. The van der Waals surface area contributed by atoms with Crippen molar-refractivity contribution in [2.75, 3.05) is 0 Å². The van der Waals surface area contributed by atoms with Gasteiger partial charge < -0.3 is 0 Å².